The predicted octanol–water partition coefficient (Wildman–Crippen LogP) is 2.92. The zero-order chi connectivity index (χ0) is 10.5. The summed E-state index contributed by atoms with van der Waals surface area (Å²) in [4.78, 5) is 1.38. The van der Waals surface area contributed by atoms with E-state index in [1.54, 1.807) is 17.5 Å². The Morgan fingerprint density at radius 3 is 3.25 bits per heavy atom. The largest absolute Gasteiger partial charge is 0.325 e. The van der Waals surface area contributed by atoms with Crippen molar-refractivity contribution in [2.45, 2.75) is 17.9 Å². The third-order valence-corrected chi connectivity index (χ3v) is 4.33. The van der Waals surface area contributed by atoms with Crippen molar-refractivity contribution >= 4 is 28.4 Å². The van der Waals surface area contributed by atoms with Crippen LogP contribution in [-0.2, 0) is 13.0 Å². The third-order valence-electron chi connectivity index (χ3n) is 3.47. The Morgan fingerprint density at radius 1 is 1.25 bits per heavy atom. The van der Waals surface area contributed by atoms with E-state index in [-0.39, 0.29) is 0 Å². The lowest BCUT2D eigenvalue weighted by Gasteiger charge is -2.19. The van der Waals surface area contributed by atoms with Crippen LogP contribution in [0.5, 0.6) is 0 Å². The summed E-state index contributed by atoms with van der Waals surface area (Å²) in [6.07, 6.45) is 1.15. The highest BCUT2D eigenvalue weighted by atomic mass is 32.2. The molecule has 2 aromatic rings. The molecular weight excluding hydrogens is 216 g/mol. The van der Waals surface area contributed by atoms with E-state index in [0.717, 1.165) is 19.5 Å². The fourth-order valence-electron chi connectivity index (χ4n) is 2.72. The van der Waals surface area contributed by atoms with Gasteiger partial charge < -0.3 is 10.0 Å². The summed E-state index contributed by atoms with van der Waals surface area (Å²) in [7, 11) is 0. The van der Waals surface area contributed by atoms with E-state index in [1.807, 2.05) is 0 Å². The molecule has 2 aliphatic rings. The molecule has 2 aromatic carbocycles. The minimum Gasteiger partial charge on any atom is -0.325 e. The van der Waals surface area contributed by atoms with Crippen LogP contribution in [0.1, 0.15) is 11.1 Å². The zero-order valence-electron chi connectivity index (χ0n) is 8.84. The third kappa shape index (κ3) is 1.07. The Labute approximate surface area is 98.6 Å². The van der Waals surface area contributed by atoms with Gasteiger partial charge in [0.1, 0.15) is 0 Å². The molecule has 0 saturated carbocycles. The molecule has 2 heterocycles. The van der Waals surface area contributed by atoms with E-state index in [0.29, 0.717) is 0 Å². The van der Waals surface area contributed by atoms with Crippen molar-refractivity contribution < 1.29 is 0 Å². The standard InChI is InChI=1S/C13H12N2S/c1-2-10-9-4-5-14-7-8(9)6-12-13(10)11(3-1)15-16-12/h1-3,6,14-15H,4-5,7H2. The molecule has 2 aliphatic heterocycles. The maximum Gasteiger partial charge on any atom is 0.0534 e. The van der Waals surface area contributed by atoms with Gasteiger partial charge in [-0.25, -0.2) is 0 Å². The summed E-state index contributed by atoms with van der Waals surface area (Å²) in [5, 5.41) is 6.32. The quantitative estimate of drug-likeness (QED) is 0.678. The van der Waals surface area contributed by atoms with E-state index in [2.05, 4.69) is 34.3 Å². The first-order valence-corrected chi connectivity index (χ1v) is 6.46. The van der Waals surface area contributed by atoms with Gasteiger partial charge in [0.15, 0.2) is 0 Å². The van der Waals surface area contributed by atoms with Gasteiger partial charge in [-0.2, -0.15) is 0 Å². The van der Waals surface area contributed by atoms with Gasteiger partial charge in [0.25, 0.3) is 0 Å². The van der Waals surface area contributed by atoms with Crippen LogP contribution in [0.15, 0.2) is 29.2 Å². The van der Waals surface area contributed by atoms with Crippen LogP contribution in [0.25, 0.3) is 10.8 Å². The number of fused-ring (bicyclic) bond motifs is 2. The Hall–Kier alpha value is -1.19. The number of hydrogen-bond donors (Lipinski definition) is 2. The van der Waals surface area contributed by atoms with Gasteiger partial charge in [0, 0.05) is 16.8 Å². The summed E-state index contributed by atoms with van der Waals surface area (Å²) in [6.45, 7) is 2.12. The molecule has 0 aliphatic carbocycles. The van der Waals surface area contributed by atoms with Gasteiger partial charge in [0.2, 0.25) is 0 Å². The van der Waals surface area contributed by atoms with Gasteiger partial charge in [-0.05, 0) is 53.6 Å². The van der Waals surface area contributed by atoms with E-state index in [9.17, 15) is 0 Å². The first kappa shape index (κ1) is 8.90. The average molecular weight is 228 g/mol. The molecule has 0 atom stereocenters. The summed E-state index contributed by atoms with van der Waals surface area (Å²) in [6, 6.07) is 8.93. The van der Waals surface area contributed by atoms with Crippen molar-refractivity contribution in [3.05, 3.63) is 35.4 Å². The number of nitrogens with one attached hydrogen (secondary N) is 2. The molecule has 0 fully saturated rings. The lowest BCUT2D eigenvalue weighted by Crippen LogP contribution is -2.23. The Kier molecular flexibility index (Phi) is 1.75. The monoisotopic (exact) mass is 228 g/mol. The van der Waals surface area contributed by atoms with Crippen LogP contribution in [-0.4, -0.2) is 6.54 Å². The SMILES string of the molecule is c1cc2c3c(cc4c(c3c1)CCNC4)SN2. The Bertz CT molecular complexity index is 592. The van der Waals surface area contributed by atoms with Crippen molar-refractivity contribution in [3.63, 3.8) is 0 Å². The molecule has 0 bridgehead atoms. The summed E-state index contributed by atoms with van der Waals surface area (Å²) < 4.78 is 3.39. The molecule has 0 saturated heterocycles. The fourth-order valence-corrected chi connectivity index (χ4v) is 3.64. The second-order valence-electron chi connectivity index (χ2n) is 4.37. The van der Waals surface area contributed by atoms with Crippen LogP contribution in [0.2, 0.25) is 0 Å². The van der Waals surface area contributed by atoms with Crippen LogP contribution in [0.3, 0.4) is 0 Å². The van der Waals surface area contributed by atoms with Crippen molar-refractivity contribution in [1.82, 2.24) is 5.32 Å². The van der Waals surface area contributed by atoms with Gasteiger partial charge in [0.05, 0.1) is 5.69 Å². The lowest BCUT2D eigenvalue weighted by atomic mass is 9.93. The van der Waals surface area contributed by atoms with Crippen molar-refractivity contribution in [1.29, 1.82) is 0 Å². The summed E-state index contributed by atoms with van der Waals surface area (Å²) >= 11 is 1.74. The molecule has 4 rings (SSSR count). The first-order valence-electron chi connectivity index (χ1n) is 5.64. The number of hydrogen-bond acceptors (Lipinski definition) is 3. The molecule has 2 nitrogen and oxygen atoms in total. The van der Waals surface area contributed by atoms with E-state index in [1.165, 1.54) is 26.9 Å². The van der Waals surface area contributed by atoms with Crippen LogP contribution in [0, 0.1) is 0 Å². The minimum atomic E-state index is 1.02. The summed E-state index contributed by atoms with van der Waals surface area (Å²) in [5.41, 5.74) is 4.30. The average Bonchev–Trinajstić information content (AvgIpc) is 2.75. The highest BCUT2D eigenvalue weighted by molar-refractivity contribution is 8.01. The fraction of sp³-hybridized carbons (Fsp3) is 0.231. The number of rotatable bonds is 0. The molecule has 0 amide bonds. The molecule has 2 N–H and O–H groups in total. The number of benzene rings is 2. The smallest absolute Gasteiger partial charge is 0.0534 e. The predicted molar refractivity (Wildman–Crippen MR) is 68.8 cm³/mol. The Balaban J connectivity index is 2.16. The van der Waals surface area contributed by atoms with Crippen molar-refractivity contribution in [2.24, 2.45) is 0 Å². The molecule has 0 aromatic heterocycles. The first-order chi connectivity index (χ1) is 7.93. The van der Waals surface area contributed by atoms with Crippen LogP contribution >= 0.6 is 11.9 Å². The molecular formula is C13H12N2S. The van der Waals surface area contributed by atoms with Crippen LogP contribution in [0.4, 0.5) is 5.69 Å². The second kappa shape index (κ2) is 3.15. The second-order valence-corrected chi connectivity index (χ2v) is 5.22. The molecule has 0 unspecified atom stereocenters. The molecule has 80 valence electrons. The number of anilines is 1. The van der Waals surface area contributed by atoms with Crippen molar-refractivity contribution in [2.75, 3.05) is 11.3 Å². The van der Waals surface area contributed by atoms with Crippen molar-refractivity contribution in [3.8, 4) is 0 Å². The van der Waals surface area contributed by atoms with Gasteiger partial charge >= 0.3 is 0 Å². The summed E-state index contributed by atoms with van der Waals surface area (Å²) in [5.74, 6) is 0. The maximum absolute atomic E-state index is 3.44. The highest BCUT2D eigenvalue weighted by Gasteiger charge is 2.20. The topological polar surface area (TPSA) is 24.1 Å². The van der Waals surface area contributed by atoms with E-state index >= 15 is 0 Å². The van der Waals surface area contributed by atoms with Gasteiger partial charge in [-0.1, -0.05) is 12.1 Å². The molecule has 0 radical (unpaired) electrons. The van der Waals surface area contributed by atoms with E-state index in [4.69, 9.17) is 0 Å². The lowest BCUT2D eigenvalue weighted by molar-refractivity contribution is 0.646. The zero-order valence-corrected chi connectivity index (χ0v) is 9.66. The maximum atomic E-state index is 3.44. The van der Waals surface area contributed by atoms with Gasteiger partial charge in [-0.3, -0.25) is 0 Å². The molecule has 0 spiro atoms. The van der Waals surface area contributed by atoms with Gasteiger partial charge in [-0.15, -0.1) is 0 Å². The molecule has 3 heteroatoms. The van der Waals surface area contributed by atoms with E-state index < -0.39 is 0 Å². The highest BCUT2D eigenvalue weighted by Crippen LogP contribution is 2.43. The minimum absolute atomic E-state index is 1.02. The normalized spacial score (nSPS) is 17.2. The Morgan fingerprint density at radius 2 is 2.25 bits per heavy atom. The molecule has 16 heavy (non-hydrogen) atoms. The van der Waals surface area contributed by atoms with Crippen LogP contribution < -0.4 is 10.0 Å².